The molecule has 6 heteroatoms. The molecule has 0 amide bonds. The summed E-state index contributed by atoms with van der Waals surface area (Å²) < 4.78 is 12.2. The maximum absolute atomic E-state index is 11.2. The van der Waals surface area contributed by atoms with Crippen LogP contribution in [0.2, 0.25) is 0 Å². The van der Waals surface area contributed by atoms with Crippen molar-refractivity contribution in [3.63, 3.8) is 0 Å². The van der Waals surface area contributed by atoms with Crippen LogP contribution in [-0.4, -0.2) is 40.7 Å². The third kappa shape index (κ3) is 3.61. The van der Waals surface area contributed by atoms with Gasteiger partial charge in [0.2, 0.25) is 0 Å². The molecule has 1 aromatic heterocycles. The largest absolute Gasteiger partial charge is 0.488 e. The molecule has 0 spiro atoms. The number of hydrogen-bond donors (Lipinski definition) is 1. The van der Waals surface area contributed by atoms with Gasteiger partial charge in [-0.25, -0.2) is 4.79 Å². The van der Waals surface area contributed by atoms with Gasteiger partial charge in [0.05, 0.1) is 6.61 Å². The minimum Gasteiger partial charge on any atom is -0.488 e. The lowest BCUT2D eigenvalue weighted by molar-refractivity contribution is 0.0690. The Bertz CT molecular complexity index is 636. The van der Waals surface area contributed by atoms with Crippen LogP contribution in [0.15, 0.2) is 30.5 Å². The molecule has 1 atom stereocenters. The highest BCUT2D eigenvalue weighted by molar-refractivity contribution is 5.93. The minimum absolute atomic E-state index is 0.0274. The standard InChI is InChI=1S/C15H18N2O4/c1-10(9-20-3)21-12-6-4-5-11(7-12)13-8-17(2)16-14(13)15(18)19/h4-8,10H,9H2,1-3H3,(H,18,19). The summed E-state index contributed by atoms with van der Waals surface area (Å²) in [6.07, 6.45) is 1.60. The summed E-state index contributed by atoms with van der Waals surface area (Å²) in [5.41, 5.74) is 1.34. The van der Waals surface area contributed by atoms with Crippen LogP contribution in [0.1, 0.15) is 17.4 Å². The average Bonchev–Trinajstić information content (AvgIpc) is 2.81. The van der Waals surface area contributed by atoms with E-state index < -0.39 is 5.97 Å². The van der Waals surface area contributed by atoms with Crippen LogP contribution >= 0.6 is 0 Å². The Balaban J connectivity index is 2.31. The summed E-state index contributed by atoms with van der Waals surface area (Å²) in [6, 6.07) is 7.28. The summed E-state index contributed by atoms with van der Waals surface area (Å²) in [6.45, 7) is 2.39. The fraction of sp³-hybridized carbons (Fsp3) is 0.333. The van der Waals surface area contributed by atoms with Crippen molar-refractivity contribution in [3.05, 3.63) is 36.2 Å². The number of carboxylic acids is 1. The fourth-order valence-corrected chi connectivity index (χ4v) is 2.10. The molecule has 0 saturated carbocycles. The van der Waals surface area contributed by atoms with Gasteiger partial charge < -0.3 is 14.6 Å². The molecule has 0 saturated heterocycles. The van der Waals surface area contributed by atoms with E-state index >= 15 is 0 Å². The Morgan fingerprint density at radius 1 is 1.48 bits per heavy atom. The molecular formula is C15H18N2O4. The zero-order valence-electron chi connectivity index (χ0n) is 12.2. The van der Waals surface area contributed by atoms with Crippen molar-refractivity contribution in [2.75, 3.05) is 13.7 Å². The quantitative estimate of drug-likeness (QED) is 0.883. The summed E-state index contributed by atoms with van der Waals surface area (Å²) in [7, 11) is 3.31. The highest BCUT2D eigenvalue weighted by atomic mass is 16.5. The van der Waals surface area contributed by atoms with Crippen LogP contribution in [0.25, 0.3) is 11.1 Å². The van der Waals surface area contributed by atoms with Gasteiger partial charge in [-0.2, -0.15) is 5.10 Å². The molecule has 6 nitrogen and oxygen atoms in total. The Morgan fingerprint density at radius 3 is 2.90 bits per heavy atom. The molecule has 112 valence electrons. The molecule has 2 rings (SSSR count). The monoisotopic (exact) mass is 290 g/mol. The van der Waals surface area contributed by atoms with E-state index in [1.807, 2.05) is 25.1 Å². The van der Waals surface area contributed by atoms with Crippen LogP contribution in [0.4, 0.5) is 0 Å². The Kier molecular flexibility index (Phi) is 4.59. The van der Waals surface area contributed by atoms with Crippen molar-refractivity contribution in [3.8, 4) is 16.9 Å². The van der Waals surface area contributed by atoms with Crippen LogP contribution in [0, 0.1) is 0 Å². The van der Waals surface area contributed by atoms with Gasteiger partial charge in [0, 0.05) is 25.9 Å². The highest BCUT2D eigenvalue weighted by Crippen LogP contribution is 2.27. The first kappa shape index (κ1) is 15.1. The summed E-state index contributed by atoms with van der Waals surface area (Å²) in [5.74, 6) is -0.387. The van der Waals surface area contributed by atoms with E-state index in [0.29, 0.717) is 17.9 Å². The van der Waals surface area contributed by atoms with Crippen molar-refractivity contribution >= 4 is 5.97 Å². The lowest BCUT2D eigenvalue weighted by atomic mass is 10.1. The van der Waals surface area contributed by atoms with E-state index in [0.717, 1.165) is 5.56 Å². The fourth-order valence-electron chi connectivity index (χ4n) is 2.10. The van der Waals surface area contributed by atoms with E-state index in [2.05, 4.69) is 5.10 Å². The Morgan fingerprint density at radius 2 is 2.24 bits per heavy atom. The normalized spacial score (nSPS) is 12.1. The smallest absolute Gasteiger partial charge is 0.357 e. The number of rotatable bonds is 6. The SMILES string of the molecule is COCC(C)Oc1cccc(-c2cn(C)nc2C(=O)O)c1. The van der Waals surface area contributed by atoms with Gasteiger partial charge in [-0.15, -0.1) is 0 Å². The second-order valence-corrected chi connectivity index (χ2v) is 4.78. The van der Waals surface area contributed by atoms with E-state index in [1.165, 1.54) is 4.68 Å². The van der Waals surface area contributed by atoms with E-state index in [9.17, 15) is 9.90 Å². The summed E-state index contributed by atoms with van der Waals surface area (Å²) >= 11 is 0. The molecule has 0 fully saturated rings. The molecule has 1 unspecified atom stereocenters. The number of hydrogen-bond acceptors (Lipinski definition) is 4. The average molecular weight is 290 g/mol. The highest BCUT2D eigenvalue weighted by Gasteiger charge is 2.17. The van der Waals surface area contributed by atoms with Gasteiger partial charge in [0.25, 0.3) is 0 Å². The van der Waals surface area contributed by atoms with Crippen LogP contribution in [0.5, 0.6) is 5.75 Å². The number of nitrogens with zero attached hydrogens (tertiary/aromatic N) is 2. The summed E-state index contributed by atoms with van der Waals surface area (Å²) in [4.78, 5) is 11.2. The van der Waals surface area contributed by atoms with Gasteiger partial charge in [-0.3, -0.25) is 4.68 Å². The number of aromatic nitrogens is 2. The molecule has 0 aliphatic carbocycles. The Labute approximate surface area is 122 Å². The number of methoxy groups -OCH3 is 1. The first-order chi connectivity index (χ1) is 10.0. The molecule has 2 aromatic rings. The number of aryl methyl sites for hydroxylation is 1. The number of benzene rings is 1. The van der Waals surface area contributed by atoms with Crippen molar-refractivity contribution in [2.24, 2.45) is 7.05 Å². The lowest BCUT2D eigenvalue weighted by Crippen LogP contribution is -2.17. The van der Waals surface area contributed by atoms with Gasteiger partial charge in [0.1, 0.15) is 11.9 Å². The zero-order chi connectivity index (χ0) is 15.4. The molecule has 1 heterocycles. The van der Waals surface area contributed by atoms with Crippen LogP contribution in [-0.2, 0) is 11.8 Å². The van der Waals surface area contributed by atoms with Crippen LogP contribution in [0.3, 0.4) is 0 Å². The minimum atomic E-state index is -1.05. The number of carboxylic acid groups (broad SMARTS) is 1. The predicted octanol–water partition coefficient (Wildman–Crippen LogP) is 2.20. The van der Waals surface area contributed by atoms with Crippen molar-refractivity contribution in [1.82, 2.24) is 9.78 Å². The summed E-state index contributed by atoms with van der Waals surface area (Å²) in [5, 5.41) is 13.2. The number of aromatic carboxylic acids is 1. The van der Waals surface area contributed by atoms with Gasteiger partial charge >= 0.3 is 5.97 Å². The molecule has 0 radical (unpaired) electrons. The van der Waals surface area contributed by atoms with E-state index in [4.69, 9.17) is 9.47 Å². The third-order valence-electron chi connectivity index (χ3n) is 2.92. The van der Waals surface area contributed by atoms with E-state index in [1.54, 1.807) is 26.4 Å². The van der Waals surface area contributed by atoms with Gasteiger partial charge in [-0.1, -0.05) is 12.1 Å². The number of carbonyl (C=O) groups is 1. The molecule has 1 aromatic carbocycles. The Hall–Kier alpha value is -2.34. The molecule has 1 N–H and O–H groups in total. The molecular weight excluding hydrogens is 272 g/mol. The number of ether oxygens (including phenoxy) is 2. The van der Waals surface area contributed by atoms with Gasteiger partial charge in [0.15, 0.2) is 5.69 Å². The molecule has 0 aliphatic heterocycles. The second kappa shape index (κ2) is 6.41. The first-order valence-electron chi connectivity index (χ1n) is 6.54. The topological polar surface area (TPSA) is 73.6 Å². The zero-order valence-corrected chi connectivity index (χ0v) is 12.2. The molecule has 0 bridgehead atoms. The predicted molar refractivity (Wildman–Crippen MR) is 77.6 cm³/mol. The van der Waals surface area contributed by atoms with Crippen molar-refractivity contribution in [2.45, 2.75) is 13.0 Å². The lowest BCUT2D eigenvalue weighted by Gasteiger charge is -2.14. The molecule has 0 aliphatic rings. The first-order valence-corrected chi connectivity index (χ1v) is 6.54. The van der Waals surface area contributed by atoms with E-state index in [-0.39, 0.29) is 11.8 Å². The van der Waals surface area contributed by atoms with Crippen molar-refractivity contribution < 1.29 is 19.4 Å². The maximum Gasteiger partial charge on any atom is 0.357 e. The molecule has 21 heavy (non-hydrogen) atoms. The maximum atomic E-state index is 11.2. The van der Waals surface area contributed by atoms with Crippen molar-refractivity contribution in [1.29, 1.82) is 0 Å². The third-order valence-corrected chi connectivity index (χ3v) is 2.92. The second-order valence-electron chi connectivity index (χ2n) is 4.78. The van der Waals surface area contributed by atoms with Gasteiger partial charge in [-0.05, 0) is 24.6 Å². The van der Waals surface area contributed by atoms with Crippen LogP contribution < -0.4 is 4.74 Å².